The highest BCUT2D eigenvalue weighted by Crippen LogP contribution is 2.53. The van der Waals surface area contributed by atoms with Gasteiger partial charge in [0.1, 0.15) is 0 Å². The Hall–Kier alpha value is 0.924. The lowest BCUT2D eigenvalue weighted by Gasteiger charge is -2.56. The van der Waals surface area contributed by atoms with Crippen LogP contribution in [0.3, 0.4) is 0 Å². The Balaban J connectivity index is 7.60. The van der Waals surface area contributed by atoms with Gasteiger partial charge in [-0.1, -0.05) is 144 Å². The zero-order valence-corrected chi connectivity index (χ0v) is 39.6. The fourth-order valence-electron chi connectivity index (χ4n) is 9.43. The van der Waals surface area contributed by atoms with Gasteiger partial charge in [-0.25, -0.2) is 0 Å². The van der Waals surface area contributed by atoms with E-state index in [9.17, 15) is 0 Å². The molecule has 0 atom stereocenters. The molecule has 0 unspecified atom stereocenters. The Morgan fingerprint density at radius 2 is 0.578 bits per heavy atom. The lowest BCUT2D eigenvalue weighted by Crippen LogP contribution is -2.69. The lowest BCUT2D eigenvalue weighted by molar-refractivity contribution is 0.216. The third-order valence-electron chi connectivity index (χ3n) is 11.7. The van der Waals surface area contributed by atoms with Crippen molar-refractivity contribution >= 4 is 42.1 Å². The molecule has 0 saturated heterocycles. The molecule has 0 amide bonds. The van der Waals surface area contributed by atoms with Crippen molar-refractivity contribution < 1.29 is 16.8 Å². The molecule has 0 N–H and O–H groups in total. The average Bonchev–Trinajstić information content (AvgIpc) is 2.89. The van der Waals surface area contributed by atoms with E-state index in [1.165, 1.54) is 25.3 Å². The van der Waals surface area contributed by atoms with Crippen LogP contribution in [0.5, 0.6) is 0 Å². The van der Waals surface area contributed by atoms with Crippen LogP contribution < -0.4 is 0 Å². The second kappa shape index (κ2) is 18.8. The van der Waals surface area contributed by atoms with E-state index in [1.807, 2.05) is 7.11 Å². The molecule has 0 spiro atoms. The second-order valence-corrected chi connectivity index (χ2v) is 42.1. The highest BCUT2D eigenvalue weighted by molar-refractivity contribution is 6.94. The summed E-state index contributed by atoms with van der Waals surface area (Å²) in [5.41, 5.74) is 4.37. The van der Waals surface area contributed by atoms with E-state index in [1.54, 1.807) is 0 Å². The summed E-state index contributed by atoms with van der Waals surface area (Å²) in [6.07, 6.45) is 4.82. The molecule has 0 aromatic carbocycles. The fraction of sp³-hybridized carbons (Fsp3) is 1.00. The molecule has 9 heteroatoms. The van der Waals surface area contributed by atoms with Crippen LogP contribution in [0.15, 0.2) is 0 Å². The van der Waals surface area contributed by atoms with E-state index in [0.29, 0.717) is 49.9 Å². The molecule has 0 fully saturated rings. The molecule has 0 aromatic rings. The van der Waals surface area contributed by atoms with E-state index >= 15 is 0 Å². The van der Waals surface area contributed by atoms with Crippen molar-refractivity contribution in [3.8, 4) is 0 Å². The summed E-state index contributed by atoms with van der Waals surface area (Å²) in [5.74, 6) is 0. The van der Waals surface area contributed by atoms with E-state index in [-0.39, 0.29) is 0 Å². The van der Waals surface area contributed by atoms with Crippen LogP contribution in [0.1, 0.15) is 150 Å². The Morgan fingerprint density at radius 1 is 0.356 bits per heavy atom. The predicted octanol–water partition coefficient (Wildman–Crippen LogP) is 13.9. The summed E-state index contributed by atoms with van der Waals surface area (Å²) in [6.45, 7) is 48.5. The van der Waals surface area contributed by atoms with Gasteiger partial charge < -0.3 is 16.8 Å². The molecule has 0 radical (unpaired) electrons. The van der Waals surface area contributed by atoms with Crippen LogP contribution in [0.2, 0.25) is 75.1 Å². The zero-order chi connectivity index (χ0) is 35.8. The maximum atomic E-state index is 8.19. The molecule has 0 aliphatic carbocycles. The Labute approximate surface area is 290 Å². The second-order valence-electron chi connectivity index (χ2n) is 17.8. The van der Waals surface area contributed by atoms with Gasteiger partial charge in [0, 0.05) is 13.2 Å². The average molecular weight is 721 g/mol. The first-order chi connectivity index (χ1) is 20.4. The van der Waals surface area contributed by atoms with Crippen molar-refractivity contribution in [2.24, 2.45) is 0 Å². The molecule has 0 heterocycles. The van der Waals surface area contributed by atoms with Crippen LogP contribution >= 0.6 is 0 Å². The quantitative estimate of drug-likeness (QED) is 0.0778. The maximum absolute atomic E-state index is 8.19. The Kier molecular flexibility index (Phi) is 19.2. The minimum atomic E-state index is -3.20. The SMILES string of the molecule is CO[Si](C)(C)CCCCCC[Si](O[Si](C(C)C)(C(C)C)C(C)C)(O[Si](C(C)C)(C(C)C)C(C)C)O[Si](C(C)C)(C(C)C)C(C)C. The number of hydrogen-bond donors (Lipinski definition) is 0. The fourth-order valence-corrected chi connectivity index (χ4v) is 41.2. The van der Waals surface area contributed by atoms with Crippen LogP contribution in [0, 0.1) is 0 Å². The molecule has 45 heavy (non-hydrogen) atoms. The van der Waals surface area contributed by atoms with Crippen LogP contribution in [0.4, 0.5) is 0 Å². The van der Waals surface area contributed by atoms with Gasteiger partial charge >= 0.3 is 8.80 Å². The molecule has 0 bridgehead atoms. The molecule has 0 saturated carbocycles. The smallest absolute Gasteiger partial charge is 0.420 e. The summed E-state index contributed by atoms with van der Waals surface area (Å²) < 4.78 is 30.4. The first-order valence-corrected chi connectivity index (χ1v) is 30.5. The minimum Gasteiger partial charge on any atom is -0.420 e. The third kappa shape index (κ3) is 11.0. The number of unbranched alkanes of at least 4 members (excludes halogenated alkanes) is 3. The lowest BCUT2D eigenvalue weighted by atomic mass is 10.2. The first kappa shape index (κ1) is 45.9. The van der Waals surface area contributed by atoms with Crippen molar-refractivity contribution in [3.63, 3.8) is 0 Å². The topological polar surface area (TPSA) is 36.9 Å². The van der Waals surface area contributed by atoms with Gasteiger partial charge in [-0.3, -0.25) is 0 Å². The zero-order valence-electron chi connectivity index (χ0n) is 34.6. The molecule has 0 rings (SSSR count). The monoisotopic (exact) mass is 721 g/mol. The molecule has 0 aromatic heterocycles. The highest BCUT2D eigenvalue weighted by Gasteiger charge is 2.63. The van der Waals surface area contributed by atoms with Gasteiger partial charge in [0.2, 0.25) is 0 Å². The minimum absolute atomic E-state index is 0.485. The highest BCUT2D eigenvalue weighted by atomic mass is 28.5. The van der Waals surface area contributed by atoms with E-state index in [0.717, 1.165) is 12.5 Å². The standard InChI is InChI=1S/C36H84O4Si5/c1-28(2)43(29(3)4,30(5)6)38-42(27-25-23-22-24-26-41(20,21)37-19,39-44(31(7)8,32(9)10)33(11)12)40-45(34(13)14,35(15)16)36(17)18/h28-36H,22-27H2,1-21H3. The van der Waals surface area contributed by atoms with Gasteiger partial charge in [-0.15, -0.1) is 0 Å². The Bertz CT molecular complexity index is 675. The normalized spacial score (nSPS) is 14.8. The largest absolute Gasteiger partial charge is 0.469 e. The van der Waals surface area contributed by atoms with Crippen LogP contribution in [0.25, 0.3) is 0 Å². The number of hydrogen-bond acceptors (Lipinski definition) is 4. The first-order valence-electron chi connectivity index (χ1n) is 19.0. The van der Waals surface area contributed by atoms with Crippen molar-refractivity contribution in [1.82, 2.24) is 0 Å². The summed E-state index contributed by atoms with van der Waals surface area (Å²) in [6, 6.07) is 2.19. The summed E-state index contributed by atoms with van der Waals surface area (Å²) in [5, 5.41) is 0. The Morgan fingerprint density at radius 3 is 0.778 bits per heavy atom. The molecule has 272 valence electrons. The van der Waals surface area contributed by atoms with E-state index in [2.05, 4.69) is 138 Å². The molecular weight excluding hydrogens is 637 g/mol. The summed E-state index contributed by atoms with van der Waals surface area (Å²) in [7, 11) is -9.83. The van der Waals surface area contributed by atoms with Crippen LogP contribution in [-0.2, 0) is 16.8 Å². The summed E-state index contributed by atoms with van der Waals surface area (Å²) >= 11 is 0. The van der Waals surface area contributed by atoms with Gasteiger partial charge in [0.05, 0.1) is 0 Å². The van der Waals surface area contributed by atoms with Crippen LogP contribution in [-0.4, -0.2) is 49.2 Å². The van der Waals surface area contributed by atoms with Crippen molar-refractivity contribution in [2.45, 2.75) is 225 Å². The molecule has 0 aliphatic rings. The molecule has 4 nitrogen and oxygen atoms in total. The van der Waals surface area contributed by atoms with Gasteiger partial charge in [-0.2, -0.15) is 0 Å². The third-order valence-corrected chi connectivity index (χ3v) is 39.5. The van der Waals surface area contributed by atoms with E-state index < -0.39 is 42.1 Å². The van der Waals surface area contributed by atoms with Gasteiger partial charge in [-0.05, 0) is 75.4 Å². The predicted molar refractivity (Wildman–Crippen MR) is 215 cm³/mol. The summed E-state index contributed by atoms with van der Waals surface area (Å²) in [4.78, 5) is 0. The van der Waals surface area contributed by atoms with Crippen molar-refractivity contribution in [1.29, 1.82) is 0 Å². The van der Waals surface area contributed by atoms with Crippen molar-refractivity contribution in [2.75, 3.05) is 7.11 Å². The maximum Gasteiger partial charge on any atom is 0.469 e. The van der Waals surface area contributed by atoms with E-state index in [4.69, 9.17) is 16.8 Å². The van der Waals surface area contributed by atoms with Gasteiger partial charge in [0.15, 0.2) is 33.3 Å². The van der Waals surface area contributed by atoms with Crippen molar-refractivity contribution in [3.05, 3.63) is 0 Å². The molecule has 0 aliphatic heterocycles. The van der Waals surface area contributed by atoms with Gasteiger partial charge in [0.25, 0.3) is 0 Å². The number of rotatable bonds is 23. The molecular formula is C36H84O4Si5.